The molecule has 10 N–H and O–H groups in total. The smallest absolute Gasteiger partial charge is 0.225 e. The summed E-state index contributed by atoms with van der Waals surface area (Å²) in [6, 6.07) is 0. The molecule has 0 unspecified atom stereocenters. The third-order valence-electron chi connectivity index (χ3n) is 3.18. The Morgan fingerprint density at radius 3 is 1.29 bits per heavy atom. The van der Waals surface area contributed by atoms with Gasteiger partial charge in [0.05, 0.1) is 0 Å². The number of nitrogen functional groups attached to an aromatic ring is 4. The van der Waals surface area contributed by atoms with Crippen molar-refractivity contribution in [2.45, 2.75) is 12.8 Å². The predicted molar refractivity (Wildman–Crippen MR) is 90.2 cm³/mol. The maximum atomic E-state index is 5.66. The zero-order chi connectivity index (χ0) is 17.5. The van der Waals surface area contributed by atoms with E-state index in [1.54, 1.807) is 0 Å². The Hall–Kier alpha value is -2.86. The molecule has 24 heavy (non-hydrogen) atoms. The van der Waals surface area contributed by atoms with Crippen molar-refractivity contribution in [3.8, 4) is 0 Å². The van der Waals surface area contributed by atoms with E-state index in [0.29, 0.717) is 50.7 Å². The van der Waals surface area contributed by atoms with E-state index in [4.69, 9.17) is 28.7 Å². The molecule has 12 heteroatoms. The highest BCUT2D eigenvalue weighted by Gasteiger charge is 2.10. The summed E-state index contributed by atoms with van der Waals surface area (Å²) >= 11 is 0. The van der Waals surface area contributed by atoms with Crippen molar-refractivity contribution in [1.29, 1.82) is 0 Å². The maximum Gasteiger partial charge on any atom is 0.225 e. The number of hydrogen-bond acceptors (Lipinski definition) is 12. The quantitative estimate of drug-likeness (QED) is 0.337. The van der Waals surface area contributed by atoms with Crippen molar-refractivity contribution >= 4 is 23.8 Å². The van der Waals surface area contributed by atoms with Gasteiger partial charge >= 0.3 is 0 Å². The van der Waals surface area contributed by atoms with E-state index in [1.165, 1.54) is 0 Å². The highest BCUT2D eigenvalue weighted by molar-refractivity contribution is 5.26. The van der Waals surface area contributed by atoms with Crippen LogP contribution in [0.2, 0.25) is 0 Å². The topological polar surface area (TPSA) is 211 Å². The van der Waals surface area contributed by atoms with Crippen LogP contribution in [0.1, 0.15) is 11.6 Å². The Bertz CT molecular complexity index is 579. The van der Waals surface area contributed by atoms with Crippen molar-refractivity contribution in [2.24, 2.45) is 5.73 Å². The summed E-state index contributed by atoms with van der Waals surface area (Å²) in [5.74, 6) is 1.52. The van der Waals surface area contributed by atoms with Crippen LogP contribution in [0.5, 0.6) is 0 Å². The molecule has 2 heterocycles. The molecule has 0 bridgehead atoms. The molecule has 2 rings (SSSR count). The average molecular weight is 334 g/mol. The van der Waals surface area contributed by atoms with Crippen LogP contribution < -0.4 is 28.7 Å². The van der Waals surface area contributed by atoms with E-state index in [0.717, 1.165) is 0 Å². The molecule has 0 amide bonds. The summed E-state index contributed by atoms with van der Waals surface area (Å²) in [6.45, 7) is 2.57. The number of nitrogens with two attached hydrogens (primary N) is 5. The lowest BCUT2D eigenvalue weighted by Crippen LogP contribution is -2.34. The third-order valence-corrected chi connectivity index (χ3v) is 3.18. The van der Waals surface area contributed by atoms with Crippen molar-refractivity contribution in [3.63, 3.8) is 0 Å². The summed E-state index contributed by atoms with van der Waals surface area (Å²) in [5.41, 5.74) is 27.9. The SMILES string of the molecule is NCCN(CCc1nc(N)nc(N)n1)CCc1nc(N)nc(N)n1. The molecule has 2 aromatic heterocycles. The molecule has 0 aliphatic rings. The summed E-state index contributed by atoms with van der Waals surface area (Å²) in [6.07, 6.45) is 1.14. The largest absolute Gasteiger partial charge is 0.368 e. The lowest BCUT2D eigenvalue weighted by Gasteiger charge is -2.20. The minimum Gasteiger partial charge on any atom is -0.368 e. The molecule has 0 aromatic carbocycles. The fourth-order valence-corrected chi connectivity index (χ4v) is 2.17. The van der Waals surface area contributed by atoms with E-state index in [-0.39, 0.29) is 23.8 Å². The lowest BCUT2D eigenvalue weighted by atomic mass is 10.3. The van der Waals surface area contributed by atoms with Crippen molar-refractivity contribution in [1.82, 2.24) is 34.8 Å². The van der Waals surface area contributed by atoms with Crippen LogP contribution in [0.15, 0.2) is 0 Å². The van der Waals surface area contributed by atoms with E-state index in [9.17, 15) is 0 Å². The van der Waals surface area contributed by atoms with Crippen LogP contribution in [0, 0.1) is 0 Å². The Kier molecular flexibility index (Phi) is 5.92. The average Bonchev–Trinajstić information content (AvgIpc) is 2.48. The van der Waals surface area contributed by atoms with Crippen molar-refractivity contribution in [2.75, 3.05) is 49.1 Å². The van der Waals surface area contributed by atoms with E-state index in [1.807, 2.05) is 0 Å². The van der Waals surface area contributed by atoms with Gasteiger partial charge in [0, 0.05) is 39.0 Å². The molecular weight excluding hydrogens is 312 g/mol. The van der Waals surface area contributed by atoms with Crippen LogP contribution >= 0.6 is 0 Å². The monoisotopic (exact) mass is 334 g/mol. The highest BCUT2D eigenvalue weighted by Crippen LogP contribution is 2.03. The molecule has 0 atom stereocenters. The van der Waals surface area contributed by atoms with Crippen molar-refractivity contribution in [3.05, 3.63) is 11.6 Å². The van der Waals surface area contributed by atoms with Crippen LogP contribution in [0.4, 0.5) is 23.8 Å². The molecule has 0 saturated heterocycles. The highest BCUT2D eigenvalue weighted by atomic mass is 15.2. The van der Waals surface area contributed by atoms with Gasteiger partial charge in [-0.15, -0.1) is 0 Å². The molecule has 0 aliphatic heterocycles. The second-order valence-electron chi connectivity index (χ2n) is 5.07. The minimum atomic E-state index is 0.110. The number of nitrogens with zero attached hydrogens (tertiary/aromatic N) is 7. The van der Waals surface area contributed by atoms with Gasteiger partial charge in [-0.05, 0) is 0 Å². The fraction of sp³-hybridized carbons (Fsp3) is 0.500. The first-order valence-corrected chi connectivity index (χ1v) is 7.40. The minimum absolute atomic E-state index is 0.110. The second-order valence-corrected chi connectivity index (χ2v) is 5.07. The van der Waals surface area contributed by atoms with E-state index in [2.05, 4.69) is 34.8 Å². The zero-order valence-electron chi connectivity index (χ0n) is 13.3. The normalized spacial score (nSPS) is 11.1. The first-order chi connectivity index (χ1) is 11.5. The van der Waals surface area contributed by atoms with Crippen LogP contribution in [-0.4, -0.2) is 61.0 Å². The van der Waals surface area contributed by atoms with Gasteiger partial charge in [-0.2, -0.15) is 29.9 Å². The molecular formula is C12H22N12. The Morgan fingerprint density at radius 2 is 0.958 bits per heavy atom. The van der Waals surface area contributed by atoms with Crippen LogP contribution in [-0.2, 0) is 12.8 Å². The van der Waals surface area contributed by atoms with Crippen LogP contribution in [0.3, 0.4) is 0 Å². The standard InChI is InChI=1S/C12H22N12/c13-3-6-24(4-1-7-18-9(14)22-10(15)19-7)5-2-8-20-11(16)23-12(17)21-8/h1-6,13H2,(H4,14,15,18,19,22)(H4,16,17,20,21,23). The molecule has 2 aromatic rings. The molecule has 130 valence electrons. The van der Waals surface area contributed by atoms with Gasteiger partial charge in [0.25, 0.3) is 0 Å². The van der Waals surface area contributed by atoms with Gasteiger partial charge < -0.3 is 33.6 Å². The molecule has 0 saturated carbocycles. The fourth-order valence-electron chi connectivity index (χ4n) is 2.17. The second kappa shape index (κ2) is 8.12. The van der Waals surface area contributed by atoms with E-state index < -0.39 is 0 Å². The first kappa shape index (κ1) is 17.5. The maximum absolute atomic E-state index is 5.66. The van der Waals surface area contributed by atoms with Gasteiger partial charge in [0.15, 0.2) is 0 Å². The van der Waals surface area contributed by atoms with Gasteiger partial charge in [0.2, 0.25) is 23.8 Å². The third kappa shape index (κ3) is 5.40. The number of anilines is 4. The summed E-state index contributed by atoms with van der Waals surface area (Å²) in [5, 5.41) is 0. The first-order valence-electron chi connectivity index (χ1n) is 7.40. The molecule has 0 spiro atoms. The Labute approximate surface area is 138 Å². The lowest BCUT2D eigenvalue weighted by molar-refractivity contribution is 0.284. The Balaban J connectivity index is 1.93. The van der Waals surface area contributed by atoms with Crippen LogP contribution in [0.25, 0.3) is 0 Å². The Morgan fingerprint density at radius 1 is 0.583 bits per heavy atom. The molecule has 12 nitrogen and oxygen atoms in total. The van der Waals surface area contributed by atoms with Gasteiger partial charge in [-0.25, -0.2) is 0 Å². The summed E-state index contributed by atoms with van der Waals surface area (Å²) in [7, 11) is 0. The van der Waals surface area contributed by atoms with Crippen molar-refractivity contribution < 1.29 is 0 Å². The summed E-state index contributed by atoms with van der Waals surface area (Å²) < 4.78 is 0. The van der Waals surface area contributed by atoms with Gasteiger partial charge in [-0.1, -0.05) is 0 Å². The van der Waals surface area contributed by atoms with Gasteiger partial charge in [-0.3, -0.25) is 0 Å². The molecule has 0 fully saturated rings. The number of aromatic nitrogens is 6. The zero-order valence-corrected chi connectivity index (χ0v) is 13.3. The summed E-state index contributed by atoms with van der Waals surface area (Å²) in [4.78, 5) is 25.9. The molecule has 0 aliphatic carbocycles. The van der Waals surface area contributed by atoms with E-state index >= 15 is 0 Å². The number of rotatable bonds is 8. The predicted octanol–water partition coefficient (Wildman–Crippen LogP) is -2.57. The number of hydrogen-bond donors (Lipinski definition) is 5. The molecule has 0 radical (unpaired) electrons. The van der Waals surface area contributed by atoms with Gasteiger partial charge in [0.1, 0.15) is 11.6 Å².